The highest BCUT2D eigenvalue weighted by Crippen LogP contribution is 2.22. The van der Waals surface area contributed by atoms with Crippen LogP contribution in [0.1, 0.15) is 62.9 Å². The zero-order valence-electron chi connectivity index (χ0n) is 9.48. The topological polar surface area (TPSA) is 33.1 Å². The molecule has 15 heavy (non-hydrogen) atoms. The van der Waals surface area contributed by atoms with Crippen LogP contribution in [0.25, 0.3) is 0 Å². The summed E-state index contributed by atoms with van der Waals surface area (Å²) in [7, 11) is 0. The molecule has 3 heteroatoms. The molecule has 0 spiro atoms. The Bertz CT molecular complexity index is 236. The van der Waals surface area contributed by atoms with Gasteiger partial charge in [0.1, 0.15) is 0 Å². The first-order valence-electron chi connectivity index (χ1n) is 5.91. The van der Waals surface area contributed by atoms with Crippen LogP contribution in [0.3, 0.4) is 0 Å². The van der Waals surface area contributed by atoms with E-state index in [1.807, 2.05) is 0 Å². The lowest BCUT2D eigenvalue weighted by molar-refractivity contribution is 0.167. The zero-order valence-corrected chi connectivity index (χ0v) is 10.3. The summed E-state index contributed by atoms with van der Waals surface area (Å²) in [5, 5.41) is 9.78. The largest absolute Gasteiger partial charge is 0.388 e. The van der Waals surface area contributed by atoms with Crippen molar-refractivity contribution in [1.29, 1.82) is 0 Å². The molecule has 0 saturated heterocycles. The standard InChI is InChI=1S/C12H21NOS/c1-2-3-4-5-6-7-8-11(14)12-9-13-10-15-12/h9-11,14H,2-8H2,1H3. The summed E-state index contributed by atoms with van der Waals surface area (Å²) in [6.45, 7) is 2.23. The van der Waals surface area contributed by atoms with E-state index in [4.69, 9.17) is 0 Å². The second kappa shape index (κ2) is 7.83. The Hall–Kier alpha value is -0.410. The molecule has 0 aromatic carbocycles. The second-order valence-electron chi connectivity index (χ2n) is 3.98. The molecule has 1 atom stereocenters. The Morgan fingerprint density at radius 1 is 1.27 bits per heavy atom. The summed E-state index contributed by atoms with van der Waals surface area (Å²) in [5.74, 6) is 0. The predicted octanol–water partition coefficient (Wildman–Crippen LogP) is 3.93. The second-order valence-corrected chi connectivity index (χ2v) is 4.89. The van der Waals surface area contributed by atoms with Crippen molar-refractivity contribution in [2.24, 2.45) is 0 Å². The molecule has 0 saturated carbocycles. The molecule has 0 aliphatic carbocycles. The van der Waals surface area contributed by atoms with Crippen LogP contribution in [0.2, 0.25) is 0 Å². The Balaban J connectivity index is 2.00. The van der Waals surface area contributed by atoms with Gasteiger partial charge in [0.25, 0.3) is 0 Å². The highest BCUT2D eigenvalue weighted by atomic mass is 32.1. The molecule has 0 aliphatic heterocycles. The van der Waals surface area contributed by atoms with E-state index in [1.165, 1.54) is 32.1 Å². The number of aliphatic hydroxyl groups is 1. The maximum Gasteiger partial charge on any atom is 0.0898 e. The number of hydrogen-bond acceptors (Lipinski definition) is 3. The molecule has 1 aromatic heterocycles. The van der Waals surface area contributed by atoms with E-state index in [0.29, 0.717) is 0 Å². The summed E-state index contributed by atoms with van der Waals surface area (Å²) in [6, 6.07) is 0. The Morgan fingerprint density at radius 3 is 2.67 bits per heavy atom. The van der Waals surface area contributed by atoms with E-state index < -0.39 is 0 Å². The molecule has 0 aliphatic rings. The first kappa shape index (κ1) is 12.7. The van der Waals surface area contributed by atoms with Crippen molar-refractivity contribution in [1.82, 2.24) is 4.98 Å². The summed E-state index contributed by atoms with van der Waals surface area (Å²) in [5.41, 5.74) is 1.78. The fraction of sp³-hybridized carbons (Fsp3) is 0.750. The quantitative estimate of drug-likeness (QED) is 0.683. The van der Waals surface area contributed by atoms with Crippen LogP contribution in [0.15, 0.2) is 11.7 Å². The van der Waals surface area contributed by atoms with E-state index in [9.17, 15) is 5.11 Å². The minimum absolute atomic E-state index is 0.288. The molecule has 1 heterocycles. The molecule has 1 unspecified atom stereocenters. The molecule has 0 radical (unpaired) electrons. The van der Waals surface area contributed by atoms with Gasteiger partial charge in [0.15, 0.2) is 0 Å². The fourth-order valence-corrected chi connectivity index (χ4v) is 2.29. The van der Waals surface area contributed by atoms with Gasteiger partial charge in [-0.25, -0.2) is 0 Å². The maximum atomic E-state index is 9.78. The summed E-state index contributed by atoms with van der Waals surface area (Å²) in [6.07, 6.45) is 10.0. The highest BCUT2D eigenvalue weighted by Gasteiger charge is 2.07. The number of aromatic nitrogens is 1. The third kappa shape index (κ3) is 5.28. The number of thiazole rings is 1. The molecule has 1 rings (SSSR count). The van der Waals surface area contributed by atoms with Gasteiger partial charge in [0.05, 0.1) is 16.5 Å². The molecule has 0 fully saturated rings. The van der Waals surface area contributed by atoms with Gasteiger partial charge in [-0.1, -0.05) is 45.4 Å². The molecule has 1 aromatic rings. The van der Waals surface area contributed by atoms with Crippen LogP contribution in [-0.4, -0.2) is 10.1 Å². The van der Waals surface area contributed by atoms with Crippen LogP contribution < -0.4 is 0 Å². The molecule has 0 amide bonds. The van der Waals surface area contributed by atoms with Crippen LogP contribution in [-0.2, 0) is 0 Å². The predicted molar refractivity (Wildman–Crippen MR) is 65.1 cm³/mol. The van der Waals surface area contributed by atoms with Crippen molar-refractivity contribution in [3.63, 3.8) is 0 Å². The summed E-state index contributed by atoms with van der Waals surface area (Å²) >= 11 is 1.54. The smallest absolute Gasteiger partial charge is 0.0898 e. The van der Waals surface area contributed by atoms with Crippen molar-refractivity contribution in [2.75, 3.05) is 0 Å². The number of hydrogen-bond donors (Lipinski definition) is 1. The number of unbranched alkanes of at least 4 members (excludes halogenated alkanes) is 5. The van der Waals surface area contributed by atoms with Gasteiger partial charge in [0.2, 0.25) is 0 Å². The van der Waals surface area contributed by atoms with Gasteiger partial charge in [-0.05, 0) is 6.42 Å². The molecular formula is C12H21NOS. The fourth-order valence-electron chi connectivity index (χ4n) is 1.65. The van der Waals surface area contributed by atoms with Gasteiger partial charge in [-0.3, -0.25) is 4.98 Å². The highest BCUT2D eigenvalue weighted by molar-refractivity contribution is 7.09. The van der Waals surface area contributed by atoms with Crippen LogP contribution in [0.4, 0.5) is 0 Å². The van der Waals surface area contributed by atoms with Crippen molar-refractivity contribution >= 4 is 11.3 Å². The van der Waals surface area contributed by atoms with Crippen LogP contribution in [0, 0.1) is 0 Å². The molecule has 2 nitrogen and oxygen atoms in total. The van der Waals surface area contributed by atoms with E-state index in [1.54, 1.807) is 23.0 Å². The normalized spacial score (nSPS) is 12.9. The third-order valence-corrected chi connectivity index (χ3v) is 3.49. The molecule has 0 bridgehead atoms. The number of aliphatic hydroxyl groups excluding tert-OH is 1. The number of rotatable bonds is 8. The van der Waals surface area contributed by atoms with Gasteiger partial charge in [0, 0.05) is 6.20 Å². The molecule has 86 valence electrons. The summed E-state index contributed by atoms with van der Waals surface area (Å²) in [4.78, 5) is 4.97. The molecular weight excluding hydrogens is 206 g/mol. The van der Waals surface area contributed by atoms with Crippen LogP contribution in [0.5, 0.6) is 0 Å². The Labute approximate surface area is 96.4 Å². The van der Waals surface area contributed by atoms with E-state index >= 15 is 0 Å². The maximum absolute atomic E-state index is 9.78. The Morgan fingerprint density at radius 2 is 2.00 bits per heavy atom. The molecule has 1 N–H and O–H groups in total. The minimum atomic E-state index is -0.288. The lowest BCUT2D eigenvalue weighted by atomic mass is 10.1. The van der Waals surface area contributed by atoms with Crippen molar-refractivity contribution in [3.05, 3.63) is 16.6 Å². The average Bonchev–Trinajstić information content (AvgIpc) is 2.76. The van der Waals surface area contributed by atoms with E-state index in [-0.39, 0.29) is 6.10 Å². The van der Waals surface area contributed by atoms with Crippen LogP contribution >= 0.6 is 11.3 Å². The van der Waals surface area contributed by atoms with E-state index in [2.05, 4.69) is 11.9 Å². The Kier molecular flexibility index (Phi) is 6.60. The van der Waals surface area contributed by atoms with Gasteiger partial charge >= 0.3 is 0 Å². The van der Waals surface area contributed by atoms with Gasteiger partial charge in [-0.15, -0.1) is 11.3 Å². The third-order valence-electron chi connectivity index (χ3n) is 2.61. The van der Waals surface area contributed by atoms with Crippen molar-refractivity contribution in [3.8, 4) is 0 Å². The summed E-state index contributed by atoms with van der Waals surface area (Å²) < 4.78 is 0. The van der Waals surface area contributed by atoms with Gasteiger partial charge in [-0.2, -0.15) is 0 Å². The first-order valence-corrected chi connectivity index (χ1v) is 6.79. The van der Waals surface area contributed by atoms with Gasteiger partial charge < -0.3 is 5.11 Å². The monoisotopic (exact) mass is 227 g/mol. The lowest BCUT2D eigenvalue weighted by Gasteiger charge is -2.07. The first-order chi connectivity index (χ1) is 7.34. The lowest BCUT2D eigenvalue weighted by Crippen LogP contribution is -1.94. The van der Waals surface area contributed by atoms with Crippen molar-refractivity contribution in [2.45, 2.75) is 58.0 Å². The average molecular weight is 227 g/mol. The number of nitrogens with zero attached hydrogens (tertiary/aromatic N) is 1. The van der Waals surface area contributed by atoms with Crippen molar-refractivity contribution < 1.29 is 5.11 Å². The SMILES string of the molecule is CCCCCCCCC(O)c1cncs1. The minimum Gasteiger partial charge on any atom is -0.388 e. The zero-order chi connectivity index (χ0) is 10.9. The van der Waals surface area contributed by atoms with E-state index in [0.717, 1.165) is 17.7 Å².